The first-order chi connectivity index (χ1) is 12.7. The third-order valence-electron chi connectivity index (χ3n) is 5.36. The number of likely N-dealkylation sites (tertiary alicyclic amines) is 2. The van der Waals surface area contributed by atoms with Crippen LogP contribution >= 0.6 is 0 Å². The molecule has 2 atom stereocenters. The molecule has 4 rings (SSSR count). The Morgan fingerprint density at radius 1 is 0.808 bits per heavy atom. The zero-order valence-electron chi connectivity index (χ0n) is 14.4. The Morgan fingerprint density at radius 2 is 1.42 bits per heavy atom. The van der Waals surface area contributed by atoms with Crippen molar-refractivity contribution in [3.8, 4) is 0 Å². The van der Waals surface area contributed by atoms with Crippen LogP contribution in [0.25, 0.3) is 0 Å². The molecule has 8 heteroatoms. The summed E-state index contributed by atoms with van der Waals surface area (Å²) < 4.78 is 0. The zero-order valence-corrected chi connectivity index (χ0v) is 14.4. The van der Waals surface area contributed by atoms with Gasteiger partial charge in [0.1, 0.15) is 0 Å². The quantitative estimate of drug-likeness (QED) is 0.802. The molecule has 4 heterocycles. The zero-order chi connectivity index (χ0) is 17.9. The van der Waals surface area contributed by atoms with Crippen LogP contribution in [0, 0.1) is 5.92 Å². The van der Waals surface area contributed by atoms with E-state index in [2.05, 4.69) is 20.4 Å². The fourth-order valence-electron chi connectivity index (χ4n) is 4.01. The molecule has 2 aliphatic rings. The van der Waals surface area contributed by atoms with Crippen molar-refractivity contribution in [2.24, 2.45) is 5.92 Å². The van der Waals surface area contributed by atoms with Crippen molar-refractivity contribution in [3.63, 3.8) is 0 Å². The molecule has 2 aromatic heterocycles. The molecule has 0 N–H and O–H groups in total. The van der Waals surface area contributed by atoms with Gasteiger partial charge in [-0.2, -0.15) is 20.4 Å². The van der Waals surface area contributed by atoms with Gasteiger partial charge in [0.15, 0.2) is 0 Å². The topological polar surface area (TPSA) is 92.2 Å². The van der Waals surface area contributed by atoms with E-state index in [1.165, 1.54) is 24.8 Å². The highest BCUT2D eigenvalue weighted by Gasteiger charge is 2.39. The van der Waals surface area contributed by atoms with Crippen molar-refractivity contribution in [1.82, 2.24) is 30.2 Å². The van der Waals surface area contributed by atoms with Crippen LogP contribution in [0.5, 0.6) is 0 Å². The highest BCUT2D eigenvalue weighted by atomic mass is 16.2. The normalized spacial score (nSPS) is 22.6. The van der Waals surface area contributed by atoms with Gasteiger partial charge in [0.05, 0.1) is 35.9 Å². The van der Waals surface area contributed by atoms with Crippen molar-refractivity contribution in [3.05, 3.63) is 48.0 Å². The lowest BCUT2D eigenvalue weighted by atomic mass is 9.95. The molecule has 2 aliphatic heterocycles. The molecule has 2 aromatic rings. The van der Waals surface area contributed by atoms with Crippen LogP contribution in [0.3, 0.4) is 0 Å². The summed E-state index contributed by atoms with van der Waals surface area (Å²) >= 11 is 0. The molecule has 0 radical (unpaired) electrons. The van der Waals surface area contributed by atoms with Gasteiger partial charge >= 0.3 is 0 Å². The third-order valence-corrected chi connectivity index (χ3v) is 5.36. The second kappa shape index (κ2) is 7.15. The van der Waals surface area contributed by atoms with Crippen molar-refractivity contribution in [2.75, 3.05) is 19.6 Å². The summed E-state index contributed by atoms with van der Waals surface area (Å²) in [6.45, 7) is 2.11. The summed E-state index contributed by atoms with van der Waals surface area (Å²) in [5.74, 6) is 0.420. The number of fused-ring (bicyclic) bond motifs is 1. The number of rotatable bonds is 2. The molecule has 0 spiro atoms. The van der Waals surface area contributed by atoms with E-state index in [4.69, 9.17) is 0 Å². The van der Waals surface area contributed by atoms with Gasteiger partial charge in [0.2, 0.25) is 0 Å². The van der Waals surface area contributed by atoms with Crippen LogP contribution in [0.4, 0.5) is 0 Å². The maximum absolute atomic E-state index is 12.8. The Morgan fingerprint density at radius 3 is 2.08 bits per heavy atom. The van der Waals surface area contributed by atoms with Gasteiger partial charge in [0.25, 0.3) is 11.8 Å². The highest BCUT2D eigenvalue weighted by molar-refractivity contribution is 5.94. The standard InChI is InChI=1S/C18H20N6O2/c25-17(14-1-6-19-21-11-14)23-8-3-13-4-10-24(16(13)5-9-23)18(26)15-2-7-20-22-12-15/h1-2,6-7,11-13,16H,3-5,8-10H2/t13-,16+/m0/s1. The number of carbonyl (C=O) groups excluding carboxylic acids is 2. The number of hydrogen-bond acceptors (Lipinski definition) is 6. The molecule has 0 unspecified atom stereocenters. The van der Waals surface area contributed by atoms with Crippen molar-refractivity contribution >= 4 is 11.8 Å². The molecule has 0 aromatic carbocycles. The van der Waals surface area contributed by atoms with Crippen LogP contribution in [0.1, 0.15) is 40.0 Å². The van der Waals surface area contributed by atoms with E-state index in [1.54, 1.807) is 12.1 Å². The molecule has 0 saturated carbocycles. The number of amides is 2. The van der Waals surface area contributed by atoms with E-state index in [0.29, 0.717) is 30.1 Å². The average molecular weight is 352 g/mol. The molecule has 0 bridgehead atoms. The molecule has 2 saturated heterocycles. The van der Waals surface area contributed by atoms with Crippen LogP contribution < -0.4 is 0 Å². The van der Waals surface area contributed by atoms with E-state index in [-0.39, 0.29) is 17.9 Å². The van der Waals surface area contributed by atoms with Crippen LogP contribution in [0.15, 0.2) is 36.9 Å². The van der Waals surface area contributed by atoms with Gasteiger partial charge in [-0.1, -0.05) is 0 Å². The maximum atomic E-state index is 12.8. The first-order valence-electron chi connectivity index (χ1n) is 8.87. The Kier molecular flexibility index (Phi) is 4.55. The summed E-state index contributed by atoms with van der Waals surface area (Å²) in [4.78, 5) is 29.3. The highest BCUT2D eigenvalue weighted by Crippen LogP contribution is 2.33. The van der Waals surface area contributed by atoms with E-state index in [9.17, 15) is 9.59 Å². The number of hydrogen-bond donors (Lipinski definition) is 0. The Hall–Kier alpha value is -2.90. The van der Waals surface area contributed by atoms with Crippen molar-refractivity contribution in [2.45, 2.75) is 25.3 Å². The van der Waals surface area contributed by atoms with E-state index < -0.39 is 0 Å². The van der Waals surface area contributed by atoms with Gasteiger partial charge in [0, 0.05) is 25.7 Å². The lowest BCUT2D eigenvalue weighted by Gasteiger charge is -2.27. The van der Waals surface area contributed by atoms with Crippen LogP contribution in [-0.4, -0.2) is 67.7 Å². The molecule has 8 nitrogen and oxygen atoms in total. The van der Waals surface area contributed by atoms with Crippen LogP contribution in [-0.2, 0) is 0 Å². The molecular formula is C18H20N6O2. The summed E-state index contributed by atoms with van der Waals surface area (Å²) in [7, 11) is 0. The van der Waals surface area contributed by atoms with Crippen molar-refractivity contribution < 1.29 is 9.59 Å². The molecule has 134 valence electrons. The minimum atomic E-state index is -0.0175. The van der Waals surface area contributed by atoms with E-state index in [0.717, 1.165) is 25.8 Å². The second-order valence-electron chi connectivity index (χ2n) is 6.75. The van der Waals surface area contributed by atoms with Gasteiger partial charge in [-0.05, 0) is 37.3 Å². The average Bonchev–Trinajstić information content (AvgIpc) is 2.99. The molecule has 26 heavy (non-hydrogen) atoms. The molecular weight excluding hydrogens is 332 g/mol. The van der Waals surface area contributed by atoms with Gasteiger partial charge < -0.3 is 9.80 Å². The minimum Gasteiger partial charge on any atom is -0.339 e. The van der Waals surface area contributed by atoms with Gasteiger partial charge in [-0.25, -0.2) is 0 Å². The van der Waals surface area contributed by atoms with Crippen molar-refractivity contribution in [1.29, 1.82) is 0 Å². The lowest BCUT2D eigenvalue weighted by Crippen LogP contribution is -2.39. The monoisotopic (exact) mass is 352 g/mol. The third kappa shape index (κ3) is 3.14. The maximum Gasteiger partial charge on any atom is 0.255 e. The summed E-state index contributed by atoms with van der Waals surface area (Å²) in [5, 5.41) is 15.1. The summed E-state index contributed by atoms with van der Waals surface area (Å²) in [6.07, 6.45) is 8.76. The second-order valence-corrected chi connectivity index (χ2v) is 6.75. The Bertz CT molecular complexity index is 785. The first-order valence-corrected chi connectivity index (χ1v) is 8.87. The van der Waals surface area contributed by atoms with Crippen LogP contribution in [0.2, 0.25) is 0 Å². The smallest absolute Gasteiger partial charge is 0.255 e. The van der Waals surface area contributed by atoms with E-state index in [1.807, 2.05) is 9.80 Å². The van der Waals surface area contributed by atoms with Gasteiger partial charge in [-0.15, -0.1) is 0 Å². The predicted molar refractivity (Wildman–Crippen MR) is 92.1 cm³/mol. The molecule has 2 fully saturated rings. The summed E-state index contributed by atoms with van der Waals surface area (Å²) in [5.41, 5.74) is 1.13. The molecule has 2 amide bonds. The predicted octanol–water partition coefficient (Wildman–Crippen LogP) is 1.03. The Balaban J connectivity index is 1.46. The fourth-order valence-corrected chi connectivity index (χ4v) is 4.01. The van der Waals surface area contributed by atoms with E-state index >= 15 is 0 Å². The first kappa shape index (κ1) is 16.6. The number of carbonyl (C=O) groups is 2. The number of aromatic nitrogens is 4. The fraction of sp³-hybridized carbons (Fsp3) is 0.444. The SMILES string of the molecule is O=C(c1ccnnc1)N1CC[C@H]2CCN(C(=O)c3ccnnc3)[C@@H]2CC1. The summed E-state index contributed by atoms with van der Waals surface area (Å²) in [6, 6.07) is 3.56. The van der Waals surface area contributed by atoms with Gasteiger partial charge in [-0.3, -0.25) is 9.59 Å². The lowest BCUT2D eigenvalue weighted by molar-refractivity contribution is 0.0704. The number of nitrogens with zero attached hydrogens (tertiary/aromatic N) is 6. The minimum absolute atomic E-state index is 0.00510. The molecule has 0 aliphatic carbocycles. The largest absolute Gasteiger partial charge is 0.339 e. The Labute approximate surface area is 151 Å².